The van der Waals surface area contributed by atoms with Crippen LogP contribution < -0.4 is 5.32 Å². The molecule has 0 aliphatic heterocycles. The highest BCUT2D eigenvalue weighted by Gasteiger charge is 2.37. The minimum atomic E-state index is -0.394. The Morgan fingerprint density at radius 3 is 2.76 bits per heavy atom. The van der Waals surface area contributed by atoms with Gasteiger partial charge >= 0.3 is 0 Å². The fourth-order valence-corrected chi connectivity index (χ4v) is 2.08. The third kappa shape index (κ3) is 2.65. The fourth-order valence-electron chi connectivity index (χ4n) is 2.08. The van der Waals surface area contributed by atoms with E-state index in [1.54, 1.807) is 12.1 Å². The monoisotopic (exact) mass is 232 g/mol. The first-order chi connectivity index (χ1) is 8.04. The molecule has 1 saturated carbocycles. The molecule has 0 spiro atoms. The van der Waals surface area contributed by atoms with Crippen molar-refractivity contribution in [2.24, 2.45) is 5.92 Å². The molecule has 2 nitrogen and oxygen atoms in total. The number of hydrogen-bond donors (Lipinski definition) is 1. The summed E-state index contributed by atoms with van der Waals surface area (Å²) in [5, 5.41) is 12.1. The Morgan fingerprint density at radius 1 is 1.47 bits per heavy atom. The summed E-state index contributed by atoms with van der Waals surface area (Å²) >= 11 is 0. The van der Waals surface area contributed by atoms with Crippen molar-refractivity contribution in [1.82, 2.24) is 5.32 Å². The summed E-state index contributed by atoms with van der Waals surface area (Å²) in [6, 6.07) is 6.82. The highest BCUT2D eigenvalue weighted by molar-refractivity contribution is 5.34. The molecule has 1 fully saturated rings. The summed E-state index contributed by atoms with van der Waals surface area (Å²) in [6.07, 6.45) is 2.50. The molecule has 1 N–H and O–H groups in total. The van der Waals surface area contributed by atoms with E-state index in [1.165, 1.54) is 18.9 Å². The van der Waals surface area contributed by atoms with Crippen LogP contribution in [0.1, 0.15) is 37.8 Å². The molecular formula is C14H17FN2. The molecule has 0 unspecified atom stereocenters. The average molecular weight is 232 g/mol. The Kier molecular flexibility index (Phi) is 3.17. The Balaban J connectivity index is 2.06. The van der Waals surface area contributed by atoms with Crippen molar-refractivity contribution in [3.63, 3.8) is 0 Å². The van der Waals surface area contributed by atoms with E-state index >= 15 is 0 Å². The van der Waals surface area contributed by atoms with E-state index in [0.717, 1.165) is 0 Å². The Hall–Kier alpha value is -1.40. The topological polar surface area (TPSA) is 35.8 Å². The molecule has 2 rings (SSSR count). The van der Waals surface area contributed by atoms with Crippen molar-refractivity contribution in [2.75, 3.05) is 0 Å². The number of benzene rings is 1. The van der Waals surface area contributed by atoms with Crippen LogP contribution in [0.4, 0.5) is 4.39 Å². The van der Waals surface area contributed by atoms with Gasteiger partial charge in [-0.1, -0.05) is 12.1 Å². The summed E-state index contributed by atoms with van der Waals surface area (Å²) in [6.45, 7) is 4.78. The zero-order valence-electron chi connectivity index (χ0n) is 10.3. The first-order valence-corrected chi connectivity index (χ1v) is 5.97. The van der Waals surface area contributed by atoms with Crippen molar-refractivity contribution < 1.29 is 4.39 Å². The van der Waals surface area contributed by atoms with Gasteiger partial charge in [-0.25, -0.2) is 4.39 Å². The number of nitrogens with zero attached hydrogens (tertiary/aromatic N) is 1. The second-order valence-electron chi connectivity index (χ2n) is 5.24. The molecule has 1 aliphatic carbocycles. The van der Waals surface area contributed by atoms with Crippen molar-refractivity contribution in [3.8, 4) is 6.07 Å². The summed E-state index contributed by atoms with van der Waals surface area (Å²) in [5.74, 6) is 0.304. The summed E-state index contributed by atoms with van der Waals surface area (Å²) in [4.78, 5) is 0. The number of rotatable bonds is 4. The van der Waals surface area contributed by atoms with E-state index < -0.39 is 5.82 Å². The third-order valence-electron chi connectivity index (χ3n) is 3.53. The predicted molar refractivity (Wildman–Crippen MR) is 64.8 cm³/mol. The third-order valence-corrected chi connectivity index (χ3v) is 3.53. The van der Waals surface area contributed by atoms with Gasteiger partial charge in [-0.05, 0) is 38.7 Å². The first-order valence-electron chi connectivity index (χ1n) is 5.97. The van der Waals surface area contributed by atoms with Crippen LogP contribution in [0.15, 0.2) is 18.2 Å². The number of nitrogens with one attached hydrogen (secondary N) is 1. The predicted octanol–water partition coefficient (Wildman–Crippen LogP) is 2.98. The molecule has 1 aromatic rings. The molecule has 0 bridgehead atoms. The standard InChI is InChI=1S/C14H17FN2/c1-14(2,12-6-7-12)17-9-11-5-3-4-10(8-16)13(11)15/h3-5,12,17H,6-7,9H2,1-2H3. The molecule has 1 aliphatic rings. The lowest BCUT2D eigenvalue weighted by Gasteiger charge is -2.26. The van der Waals surface area contributed by atoms with Crippen LogP contribution in [0.5, 0.6) is 0 Å². The summed E-state index contributed by atoms with van der Waals surface area (Å²) in [5.41, 5.74) is 0.737. The van der Waals surface area contributed by atoms with Crippen LogP contribution in [0, 0.1) is 23.1 Å². The minimum Gasteiger partial charge on any atom is -0.307 e. The van der Waals surface area contributed by atoms with Crippen molar-refractivity contribution in [3.05, 3.63) is 35.1 Å². The van der Waals surface area contributed by atoms with Crippen LogP contribution in [0.2, 0.25) is 0 Å². The van der Waals surface area contributed by atoms with Crippen LogP contribution in [0.25, 0.3) is 0 Å². The quantitative estimate of drug-likeness (QED) is 0.866. The number of nitriles is 1. The van der Waals surface area contributed by atoms with E-state index in [2.05, 4.69) is 19.2 Å². The normalized spacial score (nSPS) is 15.6. The first kappa shape index (κ1) is 12.1. The van der Waals surface area contributed by atoms with Crippen LogP contribution in [-0.4, -0.2) is 5.54 Å². The van der Waals surface area contributed by atoms with Gasteiger partial charge in [0.25, 0.3) is 0 Å². The van der Waals surface area contributed by atoms with Crippen molar-refractivity contribution >= 4 is 0 Å². The molecule has 0 heterocycles. The fraction of sp³-hybridized carbons (Fsp3) is 0.500. The van der Waals surface area contributed by atoms with Gasteiger partial charge < -0.3 is 5.32 Å². The van der Waals surface area contributed by atoms with Gasteiger partial charge in [-0.3, -0.25) is 0 Å². The zero-order chi connectivity index (χ0) is 12.5. The van der Waals surface area contributed by atoms with Crippen molar-refractivity contribution in [2.45, 2.75) is 38.8 Å². The van der Waals surface area contributed by atoms with Gasteiger partial charge in [0.2, 0.25) is 0 Å². The Bertz CT molecular complexity index is 456. The molecule has 0 atom stereocenters. The maximum atomic E-state index is 13.8. The number of hydrogen-bond acceptors (Lipinski definition) is 2. The van der Waals surface area contributed by atoms with Gasteiger partial charge in [0.15, 0.2) is 0 Å². The van der Waals surface area contributed by atoms with E-state index in [1.807, 2.05) is 6.07 Å². The SMILES string of the molecule is CC(C)(NCc1cccc(C#N)c1F)C1CC1. The highest BCUT2D eigenvalue weighted by atomic mass is 19.1. The molecule has 90 valence electrons. The van der Waals surface area contributed by atoms with E-state index in [-0.39, 0.29) is 11.1 Å². The van der Waals surface area contributed by atoms with Gasteiger partial charge in [-0.2, -0.15) is 5.26 Å². The van der Waals surface area contributed by atoms with Gasteiger partial charge in [0.05, 0.1) is 5.56 Å². The zero-order valence-corrected chi connectivity index (χ0v) is 10.3. The van der Waals surface area contributed by atoms with Crippen LogP contribution >= 0.6 is 0 Å². The highest BCUT2D eigenvalue weighted by Crippen LogP contribution is 2.39. The van der Waals surface area contributed by atoms with Crippen LogP contribution in [-0.2, 0) is 6.54 Å². The summed E-state index contributed by atoms with van der Waals surface area (Å²) in [7, 11) is 0. The lowest BCUT2D eigenvalue weighted by atomic mass is 9.98. The maximum absolute atomic E-state index is 13.8. The van der Waals surface area contributed by atoms with Gasteiger partial charge in [0.1, 0.15) is 11.9 Å². The largest absolute Gasteiger partial charge is 0.307 e. The van der Waals surface area contributed by atoms with E-state index in [4.69, 9.17) is 5.26 Å². The van der Waals surface area contributed by atoms with E-state index in [9.17, 15) is 4.39 Å². The van der Waals surface area contributed by atoms with Gasteiger partial charge in [0, 0.05) is 17.6 Å². The molecule has 3 heteroatoms. The lowest BCUT2D eigenvalue weighted by Crippen LogP contribution is -2.40. The average Bonchev–Trinajstić information content (AvgIpc) is 3.12. The van der Waals surface area contributed by atoms with Crippen molar-refractivity contribution in [1.29, 1.82) is 5.26 Å². The molecule has 0 saturated heterocycles. The molecule has 17 heavy (non-hydrogen) atoms. The second kappa shape index (κ2) is 4.46. The molecular weight excluding hydrogens is 215 g/mol. The molecule has 0 radical (unpaired) electrons. The molecule has 0 amide bonds. The lowest BCUT2D eigenvalue weighted by molar-refractivity contribution is 0.337. The molecule has 0 aromatic heterocycles. The summed E-state index contributed by atoms with van der Waals surface area (Å²) < 4.78 is 13.8. The van der Waals surface area contributed by atoms with E-state index in [0.29, 0.717) is 18.0 Å². The minimum absolute atomic E-state index is 0.0507. The molecule has 1 aromatic carbocycles. The second-order valence-corrected chi connectivity index (χ2v) is 5.24. The smallest absolute Gasteiger partial charge is 0.145 e. The number of halogens is 1. The maximum Gasteiger partial charge on any atom is 0.145 e. The Labute approximate surface area is 101 Å². The van der Waals surface area contributed by atoms with Gasteiger partial charge in [-0.15, -0.1) is 0 Å². The Morgan fingerprint density at radius 2 is 2.18 bits per heavy atom. The van der Waals surface area contributed by atoms with Crippen LogP contribution in [0.3, 0.4) is 0 Å².